The van der Waals surface area contributed by atoms with Crippen LogP contribution in [0.5, 0.6) is 5.75 Å². The van der Waals surface area contributed by atoms with Crippen LogP contribution in [0.25, 0.3) is 0 Å². The van der Waals surface area contributed by atoms with Crippen LogP contribution in [0, 0.1) is 13.8 Å². The number of pyridine rings is 1. The van der Waals surface area contributed by atoms with E-state index >= 15 is 0 Å². The molecule has 0 amide bonds. The molecule has 0 atom stereocenters. The first kappa shape index (κ1) is 21.7. The van der Waals surface area contributed by atoms with Crippen molar-refractivity contribution < 1.29 is 4.74 Å². The average Bonchev–Trinajstić information content (AvgIpc) is 2.75. The van der Waals surface area contributed by atoms with E-state index in [1.165, 1.54) is 11.8 Å². The Hall–Kier alpha value is -2.60. The van der Waals surface area contributed by atoms with Gasteiger partial charge in [-0.15, -0.1) is 0 Å². The van der Waals surface area contributed by atoms with Gasteiger partial charge in [0.05, 0.1) is 12.1 Å². The summed E-state index contributed by atoms with van der Waals surface area (Å²) >= 11 is 1.49. The molecular weight excluding hydrogens is 370 g/mol. The second-order valence-corrected chi connectivity index (χ2v) is 6.79. The predicted octanol–water partition coefficient (Wildman–Crippen LogP) is 4.63. The molecule has 0 radical (unpaired) electrons. The SMILES string of the molecule is CC.CSc1ncc(Cn2c(C)cc(OCc3ccccc3)c(C)c2=O)cn1. The minimum Gasteiger partial charge on any atom is -0.488 e. The van der Waals surface area contributed by atoms with E-state index in [2.05, 4.69) is 9.97 Å². The maximum atomic E-state index is 12.8. The number of benzene rings is 1. The van der Waals surface area contributed by atoms with E-state index in [0.717, 1.165) is 22.0 Å². The van der Waals surface area contributed by atoms with Crippen LogP contribution in [0.1, 0.15) is 36.2 Å². The molecule has 3 rings (SSSR count). The summed E-state index contributed by atoms with van der Waals surface area (Å²) in [5.74, 6) is 0.626. The lowest BCUT2D eigenvalue weighted by Crippen LogP contribution is -2.25. The molecule has 2 heterocycles. The Morgan fingerprint density at radius 2 is 1.68 bits per heavy atom. The molecule has 5 nitrogen and oxygen atoms in total. The molecule has 0 unspecified atom stereocenters. The van der Waals surface area contributed by atoms with Crippen LogP contribution in [0.4, 0.5) is 0 Å². The molecule has 1 aromatic carbocycles. The molecule has 2 aromatic heterocycles. The van der Waals surface area contributed by atoms with Crippen molar-refractivity contribution in [2.75, 3.05) is 6.26 Å². The lowest BCUT2D eigenvalue weighted by Gasteiger charge is -2.15. The largest absolute Gasteiger partial charge is 0.488 e. The van der Waals surface area contributed by atoms with Crippen LogP contribution in [-0.4, -0.2) is 20.8 Å². The third-order valence-electron chi connectivity index (χ3n) is 4.14. The minimum atomic E-state index is -0.0537. The van der Waals surface area contributed by atoms with Gasteiger partial charge in [-0.3, -0.25) is 4.79 Å². The number of nitrogens with zero attached hydrogens (tertiary/aromatic N) is 3. The monoisotopic (exact) mass is 397 g/mol. The fourth-order valence-electron chi connectivity index (χ4n) is 2.64. The molecule has 0 N–H and O–H groups in total. The van der Waals surface area contributed by atoms with Gasteiger partial charge in [-0.25, -0.2) is 9.97 Å². The van der Waals surface area contributed by atoms with Crippen LogP contribution >= 0.6 is 11.8 Å². The van der Waals surface area contributed by atoms with E-state index in [0.29, 0.717) is 24.5 Å². The van der Waals surface area contributed by atoms with Crippen molar-refractivity contribution in [3.8, 4) is 5.75 Å². The highest BCUT2D eigenvalue weighted by Gasteiger charge is 2.11. The molecule has 28 heavy (non-hydrogen) atoms. The highest BCUT2D eigenvalue weighted by atomic mass is 32.2. The Bertz CT molecular complexity index is 938. The smallest absolute Gasteiger partial charge is 0.257 e. The first-order chi connectivity index (χ1) is 13.6. The summed E-state index contributed by atoms with van der Waals surface area (Å²) < 4.78 is 7.60. The number of aromatic nitrogens is 3. The van der Waals surface area contributed by atoms with Gasteiger partial charge in [-0.1, -0.05) is 55.9 Å². The highest BCUT2D eigenvalue weighted by molar-refractivity contribution is 7.98. The van der Waals surface area contributed by atoms with Crippen molar-refractivity contribution in [1.82, 2.24) is 14.5 Å². The standard InChI is InChI=1S/C20H21N3O2S.C2H6/c1-14-9-18(25-13-16-7-5-4-6-8-16)15(2)19(24)23(14)12-17-10-21-20(26-3)22-11-17;1-2/h4-11H,12-13H2,1-3H3;1-2H3. The molecule has 0 aliphatic carbocycles. The number of hydrogen-bond donors (Lipinski definition) is 0. The number of aryl methyl sites for hydroxylation is 1. The maximum Gasteiger partial charge on any atom is 0.257 e. The summed E-state index contributed by atoms with van der Waals surface area (Å²) in [5, 5.41) is 0.721. The molecule has 0 saturated carbocycles. The Kier molecular flexibility index (Phi) is 8.26. The molecule has 0 saturated heterocycles. The van der Waals surface area contributed by atoms with Crippen molar-refractivity contribution in [1.29, 1.82) is 0 Å². The fourth-order valence-corrected chi connectivity index (χ4v) is 2.95. The summed E-state index contributed by atoms with van der Waals surface area (Å²) in [4.78, 5) is 21.3. The molecule has 3 aromatic rings. The molecule has 0 aliphatic rings. The van der Waals surface area contributed by atoms with Crippen molar-refractivity contribution in [2.45, 2.75) is 46.0 Å². The lowest BCUT2D eigenvalue weighted by molar-refractivity contribution is 0.302. The lowest BCUT2D eigenvalue weighted by atomic mass is 10.2. The number of thioether (sulfide) groups is 1. The van der Waals surface area contributed by atoms with E-state index < -0.39 is 0 Å². The molecule has 0 fully saturated rings. The van der Waals surface area contributed by atoms with Gasteiger partial charge in [0, 0.05) is 23.7 Å². The zero-order valence-corrected chi connectivity index (χ0v) is 17.9. The van der Waals surface area contributed by atoms with Crippen LogP contribution in [0.15, 0.2) is 58.7 Å². The van der Waals surface area contributed by atoms with Crippen LogP contribution in [-0.2, 0) is 13.2 Å². The van der Waals surface area contributed by atoms with Crippen molar-refractivity contribution in [3.63, 3.8) is 0 Å². The third kappa shape index (κ3) is 5.45. The Balaban J connectivity index is 0.00000136. The summed E-state index contributed by atoms with van der Waals surface area (Å²) in [6, 6.07) is 11.8. The number of hydrogen-bond acceptors (Lipinski definition) is 5. The summed E-state index contributed by atoms with van der Waals surface area (Å²) in [7, 11) is 0. The average molecular weight is 398 g/mol. The van der Waals surface area contributed by atoms with Crippen molar-refractivity contribution in [2.24, 2.45) is 0 Å². The molecule has 0 spiro atoms. The van der Waals surface area contributed by atoms with E-state index in [9.17, 15) is 4.79 Å². The highest BCUT2D eigenvalue weighted by Crippen LogP contribution is 2.18. The van der Waals surface area contributed by atoms with Gasteiger partial charge in [-0.05, 0) is 31.7 Å². The second kappa shape index (κ2) is 10.7. The first-order valence-corrected chi connectivity index (χ1v) is 10.5. The Morgan fingerprint density at radius 1 is 1.04 bits per heavy atom. The molecule has 0 bridgehead atoms. The van der Waals surface area contributed by atoms with Gasteiger partial charge in [0.15, 0.2) is 5.16 Å². The van der Waals surface area contributed by atoms with E-state index in [4.69, 9.17) is 4.74 Å². The maximum absolute atomic E-state index is 12.8. The zero-order chi connectivity index (χ0) is 20.5. The van der Waals surface area contributed by atoms with Gasteiger partial charge in [0.25, 0.3) is 5.56 Å². The van der Waals surface area contributed by atoms with E-state index in [1.54, 1.807) is 23.9 Å². The van der Waals surface area contributed by atoms with E-state index in [1.807, 2.05) is 63.4 Å². The minimum absolute atomic E-state index is 0.0537. The molecular formula is C22H27N3O2S. The fraction of sp³-hybridized carbons (Fsp3) is 0.318. The number of ether oxygens (including phenoxy) is 1. The summed E-state index contributed by atoms with van der Waals surface area (Å²) in [5.41, 5.74) is 3.36. The van der Waals surface area contributed by atoms with Gasteiger partial charge in [0.1, 0.15) is 12.4 Å². The van der Waals surface area contributed by atoms with E-state index in [-0.39, 0.29) is 5.56 Å². The normalized spacial score (nSPS) is 10.2. The zero-order valence-electron chi connectivity index (χ0n) is 17.1. The first-order valence-electron chi connectivity index (χ1n) is 9.31. The van der Waals surface area contributed by atoms with Crippen LogP contribution in [0.3, 0.4) is 0 Å². The molecule has 6 heteroatoms. The summed E-state index contributed by atoms with van der Waals surface area (Å²) in [6.45, 7) is 8.59. The topological polar surface area (TPSA) is 57.0 Å². The van der Waals surface area contributed by atoms with Gasteiger partial charge in [0.2, 0.25) is 0 Å². The number of rotatable bonds is 6. The predicted molar refractivity (Wildman–Crippen MR) is 115 cm³/mol. The van der Waals surface area contributed by atoms with Gasteiger partial charge >= 0.3 is 0 Å². The van der Waals surface area contributed by atoms with Crippen molar-refractivity contribution >= 4 is 11.8 Å². The van der Waals surface area contributed by atoms with Gasteiger partial charge in [-0.2, -0.15) is 0 Å². The quantitative estimate of drug-likeness (QED) is 0.448. The van der Waals surface area contributed by atoms with Crippen LogP contribution in [0.2, 0.25) is 0 Å². The Morgan fingerprint density at radius 3 is 2.29 bits per heavy atom. The molecule has 0 aliphatic heterocycles. The van der Waals surface area contributed by atoms with Gasteiger partial charge < -0.3 is 9.30 Å². The Labute approximate surface area is 170 Å². The third-order valence-corrected chi connectivity index (χ3v) is 4.72. The second-order valence-electron chi connectivity index (χ2n) is 6.02. The summed E-state index contributed by atoms with van der Waals surface area (Å²) in [6.07, 6.45) is 5.46. The molecule has 148 valence electrons. The van der Waals surface area contributed by atoms with Crippen molar-refractivity contribution in [3.05, 3.63) is 81.5 Å². The van der Waals surface area contributed by atoms with Crippen LogP contribution < -0.4 is 10.3 Å².